The number of hydrogen-bond acceptors (Lipinski definition) is 3. The number of nitrogens with zero attached hydrogens (tertiary/aromatic N) is 1. The summed E-state index contributed by atoms with van der Waals surface area (Å²) in [7, 11) is 0. The Hall–Kier alpha value is -1.88. The number of carbonyl (C=O) groups excluding carboxylic acids is 1. The third-order valence-electron chi connectivity index (χ3n) is 1.62. The number of non-ortho nitro benzene ring substituents is 1. The number of hydrogen-bond donors (Lipinski definition) is 1. The Kier molecular flexibility index (Phi) is 3.41. The maximum absolute atomic E-state index is 10.5. The number of nitro benzene ring substituents is 1. The minimum atomic E-state index is -0.641. The summed E-state index contributed by atoms with van der Waals surface area (Å²) >= 11 is 5.76. The third-order valence-corrected chi connectivity index (χ3v) is 1.96. The molecule has 0 aliphatic heterocycles. The minimum absolute atomic E-state index is 0.0940. The second-order valence-electron chi connectivity index (χ2n) is 2.70. The number of benzene rings is 1. The van der Waals surface area contributed by atoms with Gasteiger partial charge in [0.15, 0.2) is 0 Å². The summed E-state index contributed by atoms with van der Waals surface area (Å²) in [5.74, 6) is -0.641. The molecule has 0 heterocycles. The average molecular weight is 227 g/mol. The number of primary amides is 1. The molecule has 1 aromatic carbocycles. The van der Waals surface area contributed by atoms with Crippen LogP contribution >= 0.6 is 11.6 Å². The molecule has 0 unspecified atom stereocenters. The molecule has 1 amide bonds. The van der Waals surface area contributed by atoms with Crippen molar-refractivity contribution in [2.45, 2.75) is 0 Å². The molecule has 0 aromatic heterocycles. The smallest absolute Gasteiger partial charge is 0.270 e. The Morgan fingerprint density at radius 3 is 2.73 bits per heavy atom. The predicted molar refractivity (Wildman–Crippen MR) is 56.3 cm³/mol. The van der Waals surface area contributed by atoms with Crippen molar-refractivity contribution in [3.8, 4) is 0 Å². The molecule has 0 saturated carbocycles. The first-order chi connectivity index (χ1) is 7.00. The molecule has 0 atom stereocenters. The van der Waals surface area contributed by atoms with E-state index in [4.69, 9.17) is 17.3 Å². The zero-order chi connectivity index (χ0) is 11.4. The Morgan fingerprint density at radius 1 is 1.53 bits per heavy atom. The standard InChI is InChI=1S/C9H7ClN2O3/c10-8-3-2-7(12(14)15)5-6(8)1-4-9(11)13/h1-5H,(H2,11,13)/b4-1+. The Balaban J connectivity index is 3.11. The summed E-state index contributed by atoms with van der Waals surface area (Å²) in [6.45, 7) is 0. The molecule has 0 spiro atoms. The van der Waals surface area contributed by atoms with Gasteiger partial charge < -0.3 is 5.73 Å². The van der Waals surface area contributed by atoms with E-state index in [1.807, 2.05) is 0 Å². The van der Waals surface area contributed by atoms with E-state index in [1.165, 1.54) is 24.3 Å². The fraction of sp³-hybridized carbons (Fsp3) is 0. The van der Waals surface area contributed by atoms with E-state index in [-0.39, 0.29) is 5.69 Å². The second-order valence-corrected chi connectivity index (χ2v) is 3.11. The number of amides is 1. The quantitative estimate of drug-likeness (QED) is 0.484. The maximum Gasteiger partial charge on any atom is 0.270 e. The summed E-state index contributed by atoms with van der Waals surface area (Å²) in [6.07, 6.45) is 2.42. The van der Waals surface area contributed by atoms with Crippen molar-refractivity contribution in [1.29, 1.82) is 0 Å². The molecule has 1 aromatic rings. The van der Waals surface area contributed by atoms with E-state index < -0.39 is 10.8 Å². The zero-order valence-electron chi connectivity index (χ0n) is 7.51. The van der Waals surface area contributed by atoms with E-state index in [0.29, 0.717) is 10.6 Å². The largest absolute Gasteiger partial charge is 0.366 e. The van der Waals surface area contributed by atoms with E-state index in [1.54, 1.807) is 0 Å². The molecule has 2 N–H and O–H groups in total. The average Bonchev–Trinajstić information content (AvgIpc) is 2.16. The van der Waals surface area contributed by atoms with Crippen LogP contribution in [0, 0.1) is 10.1 Å². The normalized spacial score (nSPS) is 10.5. The molecular weight excluding hydrogens is 220 g/mol. The Bertz CT molecular complexity index is 443. The van der Waals surface area contributed by atoms with Gasteiger partial charge in [-0.15, -0.1) is 0 Å². The van der Waals surface area contributed by atoms with Crippen LogP contribution in [-0.2, 0) is 4.79 Å². The number of rotatable bonds is 3. The molecule has 15 heavy (non-hydrogen) atoms. The molecule has 1 rings (SSSR count). The predicted octanol–water partition coefficient (Wildman–Crippen LogP) is 1.75. The molecule has 0 aliphatic rings. The van der Waals surface area contributed by atoms with Gasteiger partial charge in [-0.1, -0.05) is 11.6 Å². The molecule has 5 nitrogen and oxygen atoms in total. The van der Waals surface area contributed by atoms with E-state index in [0.717, 1.165) is 6.08 Å². The van der Waals surface area contributed by atoms with Crippen molar-refractivity contribution >= 4 is 29.3 Å². The minimum Gasteiger partial charge on any atom is -0.366 e. The van der Waals surface area contributed by atoms with Crippen molar-refractivity contribution < 1.29 is 9.72 Å². The number of nitrogens with two attached hydrogens (primary N) is 1. The highest BCUT2D eigenvalue weighted by Gasteiger charge is 2.07. The van der Waals surface area contributed by atoms with Crippen LogP contribution in [-0.4, -0.2) is 10.8 Å². The lowest BCUT2D eigenvalue weighted by Crippen LogP contribution is -2.05. The van der Waals surface area contributed by atoms with Gasteiger partial charge in [-0.3, -0.25) is 14.9 Å². The summed E-state index contributed by atoms with van der Waals surface area (Å²) in [6, 6.07) is 3.94. The molecule has 0 fully saturated rings. The lowest BCUT2D eigenvalue weighted by Gasteiger charge is -1.97. The van der Waals surface area contributed by atoms with E-state index in [9.17, 15) is 14.9 Å². The van der Waals surface area contributed by atoms with Gasteiger partial charge in [0, 0.05) is 28.8 Å². The van der Waals surface area contributed by atoms with Crippen molar-refractivity contribution in [2.24, 2.45) is 5.73 Å². The maximum atomic E-state index is 10.5. The molecular formula is C9H7ClN2O3. The first kappa shape index (κ1) is 11.2. The lowest BCUT2D eigenvalue weighted by atomic mass is 10.2. The zero-order valence-corrected chi connectivity index (χ0v) is 8.27. The van der Waals surface area contributed by atoms with Crippen LogP contribution in [0.25, 0.3) is 6.08 Å². The van der Waals surface area contributed by atoms with Crippen LogP contribution in [0.1, 0.15) is 5.56 Å². The van der Waals surface area contributed by atoms with Gasteiger partial charge >= 0.3 is 0 Å². The fourth-order valence-electron chi connectivity index (χ4n) is 0.944. The molecule has 0 bridgehead atoms. The monoisotopic (exact) mass is 226 g/mol. The summed E-state index contributed by atoms with van der Waals surface area (Å²) < 4.78 is 0. The fourth-order valence-corrected chi connectivity index (χ4v) is 1.12. The van der Waals surface area contributed by atoms with Crippen LogP contribution in [0.3, 0.4) is 0 Å². The van der Waals surface area contributed by atoms with Crippen LogP contribution < -0.4 is 5.73 Å². The van der Waals surface area contributed by atoms with E-state index in [2.05, 4.69) is 0 Å². The Labute approximate surface area is 90.3 Å². The molecule has 6 heteroatoms. The summed E-state index contributed by atoms with van der Waals surface area (Å²) in [4.78, 5) is 20.4. The van der Waals surface area contributed by atoms with Crippen LogP contribution in [0.4, 0.5) is 5.69 Å². The molecule has 0 aliphatic carbocycles. The first-order valence-corrected chi connectivity index (χ1v) is 4.30. The van der Waals surface area contributed by atoms with Gasteiger partial charge in [0.05, 0.1) is 4.92 Å². The van der Waals surface area contributed by atoms with Crippen LogP contribution in [0.5, 0.6) is 0 Å². The van der Waals surface area contributed by atoms with Crippen LogP contribution in [0.15, 0.2) is 24.3 Å². The van der Waals surface area contributed by atoms with Gasteiger partial charge in [0.1, 0.15) is 0 Å². The number of halogens is 1. The Morgan fingerprint density at radius 2 is 2.20 bits per heavy atom. The van der Waals surface area contributed by atoms with Crippen molar-refractivity contribution in [2.75, 3.05) is 0 Å². The second kappa shape index (κ2) is 4.56. The molecule has 0 radical (unpaired) electrons. The van der Waals surface area contributed by atoms with Crippen molar-refractivity contribution in [1.82, 2.24) is 0 Å². The lowest BCUT2D eigenvalue weighted by molar-refractivity contribution is -0.384. The van der Waals surface area contributed by atoms with Gasteiger partial charge in [0.25, 0.3) is 5.69 Å². The number of carbonyl (C=O) groups is 1. The third kappa shape index (κ3) is 3.07. The van der Waals surface area contributed by atoms with Gasteiger partial charge in [-0.05, 0) is 12.1 Å². The summed E-state index contributed by atoms with van der Waals surface area (Å²) in [5, 5.41) is 10.8. The van der Waals surface area contributed by atoms with Gasteiger partial charge in [0.2, 0.25) is 5.91 Å². The molecule has 78 valence electrons. The summed E-state index contributed by atoms with van der Waals surface area (Å²) in [5.41, 5.74) is 5.17. The number of nitro groups is 1. The van der Waals surface area contributed by atoms with Crippen LogP contribution in [0.2, 0.25) is 5.02 Å². The topological polar surface area (TPSA) is 86.2 Å². The van der Waals surface area contributed by atoms with Crippen molar-refractivity contribution in [3.63, 3.8) is 0 Å². The van der Waals surface area contributed by atoms with Gasteiger partial charge in [-0.2, -0.15) is 0 Å². The molecule has 0 saturated heterocycles. The first-order valence-electron chi connectivity index (χ1n) is 3.92. The van der Waals surface area contributed by atoms with E-state index >= 15 is 0 Å². The highest BCUT2D eigenvalue weighted by molar-refractivity contribution is 6.32. The SMILES string of the molecule is NC(=O)/C=C/c1cc([N+](=O)[O-])ccc1Cl. The van der Waals surface area contributed by atoms with Crippen molar-refractivity contribution in [3.05, 3.63) is 45.0 Å². The highest BCUT2D eigenvalue weighted by Crippen LogP contribution is 2.22. The van der Waals surface area contributed by atoms with Gasteiger partial charge in [-0.25, -0.2) is 0 Å². The highest BCUT2D eigenvalue weighted by atomic mass is 35.5.